The van der Waals surface area contributed by atoms with Gasteiger partial charge < -0.3 is 14.7 Å². The Hall–Kier alpha value is -2.41. The maximum atomic E-state index is 13.7. The van der Waals surface area contributed by atoms with Gasteiger partial charge in [-0.05, 0) is 24.3 Å². The molecule has 0 aliphatic carbocycles. The quantitative estimate of drug-likeness (QED) is 0.936. The lowest BCUT2D eigenvalue weighted by Gasteiger charge is -2.30. The number of ether oxygens (including phenoxy) is 1. The number of aromatic nitrogens is 2. The minimum atomic E-state index is -1.09. The fourth-order valence-electron chi connectivity index (χ4n) is 2.61. The number of halogens is 1. The number of benzene rings is 1. The Kier molecular flexibility index (Phi) is 3.81. The second kappa shape index (κ2) is 5.76. The Labute approximate surface area is 126 Å². The van der Waals surface area contributed by atoms with E-state index < -0.39 is 5.97 Å². The summed E-state index contributed by atoms with van der Waals surface area (Å²) in [6, 6.07) is 5.99. The van der Waals surface area contributed by atoms with E-state index in [2.05, 4.69) is 5.10 Å². The van der Waals surface area contributed by atoms with Crippen LogP contribution >= 0.6 is 0 Å². The van der Waals surface area contributed by atoms with Gasteiger partial charge in [0.25, 0.3) is 0 Å². The first-order valence-electron chi connectivity index (χ1n) is 6.96. The summed E-state index contributed by atoms with van der Waals surface area (Å²) in [5, 5.41) is 13.0. The van der Waals surface area contributed by atoms with Crippen LogP contribution < -0.4 is 4.90 Å². The summed E-state index contributed by atoms with van der Waals surface area (Å²) in [4.78, 5) is 13.1. The summed E-state index contributed by atoms with van der Waals surface area (Å²) in [5.41, 5.74) is 2.09. The van der Waals surface area contributed by atoms with Crippen molar-refractivity contribution in [2.24, 2.45) is 7.05 Å². The van der Waals surface area contributed by atoms with Crippen molar-refractivity contribution in [1.82, 2.24) is 9.78 Å². The lowest BCUT2D eigenvalue weighted by molar-refractivity contribution is 0.0689. The average Bonchev–Trinajstić information content (AvgIpc) is 2.90. The molecule has 22 heavy (non-hydrogen) atoms. The van der Waals surface area contributed by atoms with Crippen LogP contribution in [0.1, 0.15) is 10.5 Å². The molecule has 2 heterocycles. The average molecular weight is 305 g/mol. The third-order valence-corrected chi connectivity index (χ3v) is 3.69. The number of nitrogens with zero attached hydrogens (tertiary/aromatic N) is 3. The number of morpholine rings is 1. The van der Waals surface area contributed by atoms with Crippen molar-refractivity contribution in [2.45, 2.75) is 0 Å². The van der Waals surface area contributed by atoms with E-state index in [1.165, 1.54) is 22.9 Å². The first kappa shape index (κ1) is 14.5. The van der Waals surface area contributed by atoms with Crippen molar-refractivity contribution in [1.29, 1.82) is 0 Å². The summed E-state index contributed by atoms with van der Waals surface area (Å²) < 4.78 is 20.5. The number of carboxylic acids is 1. The number of hydrogen-bond acceptors (Lipinski definition) is 4. The van der Waals surface area contributed by atoms with Gasteiger partial charge in [0.1, 0.15) is 5.82 Å². The van der Waals surface area contributed by atoms with Gasteiger partial charge in [-0.2, -0.15) is 5.10 Å². The summed E-state index contributed by atoms with van der Waals surface area (Å²) in [6.45, 7) is 2.50. The molecule has 0 saturated carbocycles. The van der Waals surface area contributed by atoms with E-state index in [9.17, 15) is 9.18 Å². The van der Waals surface area contributed by atoms with Crippen LogP contribution in [0.4, 0.5) is 10.1 Å². The van der Waals surface area contributed by atoms with Crippen LogP contribution in [0.25, 0.3) is 11.3 Å². The van der Waals surface area contributed by atoms with E-state index in [4.69, 9.17) is 9.84 Å². The smallest absolute Gasteiger partial charge is 0.356 e. The Morgan fingerprint density at radius 1 is 1.32 bits per heavy atom. The topological polar surface area (TPSA) is 67.6 Å². The molecule has 0 bridgehead atoms. The van der Waals surface area contributed by atoms with Gasteiger partial charge in [-0.3, -0.25) is 4.68 Å². The molecule has 0 unspecified atom stereocenters. The van der Waals surface area contributed by atoms with Crippen molar-refractivity contribution in [2.75, 3.05) is 31.2 Å². The summed E-state index contributed by atoms with van der Waals surface area (Å²) >= 11 is 0. The Morgan fingerprint density at radius 3 is 2.68 bits per heavy atom. The van der Waals surface area contributed by atoms with E-state index in [0.717, 1.165) is 11.3 Å². The maximum absolute atomic E-state index is 13.7. The molecule has 0 amide bonds. The highest BCUT2D eigenvalue weighted by molar-refractivity contribution is 5.88. The first-order chi connectivity index (χ1) is 10.6. The van der Waals surface area contributed by atoms with Crippen LogP contribution in [-0.2, 0) is 11.8 Å². The highest BCUT2D eigenvalue weighted by Crippen LogP contribution is 2.32. The lowest BCUT2D eigenvalue weighted by Crippen LogP contribution is -2.36. The summed E-state index contributed by atoms with van der Waals surface area (Å²) in [6.07, 6.45) is 0. The second-order valence-corrected chi connectivity index (χ2v) is 5.10. The molecule has 6 nitrogen and oxygen atoms in total. The molecule has 0 radical (unpaired) electrons. The highest BCUT2D eigenvalue weighted by atomic mass is 19.1. The van der Waals surface area contributed by atoms with E-state index in [-0.39, 0.29) is 11.5 Å². The van der Waals surface area contributed by atoms with E-state index in [0.29, 0.717) is 32.0 Å². The van der Waals surface area contributed by atoms with Crippen LogP contribution in [0.15, 0.2) is 24.3 Å². The molecule has 1 aromatic carbocycles. The van der Waals surface area contributed by atoms with E-state index in [1.807, 2.05) is 4.90 Å². The van der Waals surface area contributed by atoms with Crippen LogP contribution in [0.3, 0.4) is 0 Å². The van der Waals surface area contributed by atoms with Crippen molar-refractivity contribution in [3.8, 4) is 11.3 Å². The van der Waals surface area contributed by atoms with Gasteiger partial charge in [0.05, 0.1) is 18.9 Å². The number of carbonyl (C=O) groups is 1. The SMILES string of the molecule is Cn1nc(C(=O)O)cc1-c1ccc(F)cc1N1CCOCC1. The van der Waals surface area contributed by atoms with Gasteiger partial charge in [-0.25, -0.2) is 9.18 Å². The van der Waals surface area contributed by atoms with Crippen LogP contribution in [0.2, 0.25) is 0 Å². The van der Waals surface area contributed by atoms with Crippen LogP contribution in [0.5, 0.6) is 0 Å². The fraction of sp³-hybridized carbons (Fsp3) is 0.333. The van der Waals surface area contributed by atoms with Gasteiger partial charge in [-0.15, -0.1) is 0 Å². The fourth-order valence-corrected chi connectivity index (χ4v) is 2.61. The highest BCUT2D eigenvalue weighted by Gasteiger charge is 2.20. The van der Waals surface area contributed by atoms with Gasteiger partial charge >= 0.3 is 5.97 Å². The molecule has 0 spiro atoms. The predicted octanol–water partition coefficient (Wildman–Crippen LogP) is 1.76. The zero-order chi connectivity index (χ0) is 15.7. The Bertz CT molecular complexity index is 708. The lowest BCUT2D eigenvalue weighted by atomic mass is 10.1. The van der Waals surface area contributed by atoms with Gasteiger partial charge in [0.15, 0.2) is 5.69 Å². The number of carboxylic acid groups (broad SMARTS) is 1. The molecule has 1 fully saturated rings. The molecule has 0 atom stereocenters. The van der Waals surface area contributed by atoms with Crippen molar-refractivity contribution in [3.63, 3.8) is 0 Å². The minimum absolute atomic E-state index is 0.0326. The van der Waals surface area contributed by atoms with Crippen LogP contribution in [-0.4, -0.2) is 47.2 Å². The van der Waals surface area contributed by atoms with Gasteiger partial charge in [-0.1, -0.05) is 0 Å². The monoisotopic (exact) mass is 305 g/mol. The number of aryl methyl sites for hydroxylation is 1. The predicted molar refractivity (Wildman–Crippen MR) is 78.6 cm³/mol. The summed E-state index contributed by atoms with van der Waals surface area (Å²) in [7, 11) is 1.67. The first-order valence-corrected chi connectivity index (χ1v) is 6.96. The van der Waals surface area contributed by atoms with Gasteiger partial charge in [0.2, 0.25) is 0 Å². The number of anilines is 1. The zero-order valence-corrected chi connectivity index (χ0v) is 12.1. The molecule has 1 saturated heterocycles. The van der Waals surface area contributed by atoms with Crippen molar-refractivity contribution in [3.05, 3.63) is 35.8 Å². The minimum Gasteiger partial charge on any atom is -0.476 e. The Morgan fingerprint density at radius 2 is 2.05 bits per heavy atom. The maximum Gasteiger partial charge on any atom is 0.356 e. The third kappa shape index (κ3) is 2.67. The zero-order valence-electron chi connectivity index (χ0n) is 12.1. The molecule has 1 aromatic heterocycles. The number of rotatable bonds is 3. The molecule has 1 aliphatic heterocycles. The van der Waals surface area contributed by atoms with Crippen molar-refractivity contribution < 1.29 is 19.0 Å². The van der Waals surface area contributed by atoms with Crippen molar-refractivity contribution >= 4 is 11.7 Å². The van der Waals surface area contributed by atoms with Crippen LogP contribution in [0, 0.1) is 5.82 Å². The molecule has 1 aliphatic rings. The molecule has 1 N–H and O–H groups in total. The normalized spacial score (nSPS) is 15.1. The molecule has 7 heteroatoms. The summed E-state index contributed by atoms with van der Waals surface area (Å²) in [5.74, 6) is -1.41. The third-order valence-electron chi connectivity index (χ3n) is 3.69. The van der Waals surface area contributed by atoms with E-state index >= 15 is 0 Å². The molecular weight excluding hydrogens is 289 g/mol. The largest absolute Gasteiger partial charge is 0.476 e. The standard InChI is InChI=1S/C15H16FN3O3/c1-18-13(9-12(17-18)15(20)21)11-3-2-10(16)8-14(11)19-4-6-22-7-5-19/h2-3,8-9H,4-7H2,1H3,(H,20,21). The molecule has 116 valence electrons. The van der Waals surface area contributed by atoms with E-state index in [1.54, 1.807) is 13.1 Å². The second-order valence-electron chi connectivity index (χ2n) is 5.10. The van der Waals surface area contributed by atoms with Gasteiger partial charge in [0, 0.05) is 31.4 Å². The Balaban J connectivity index is 2.08. The molecule has 2 aromatic rings. The number of aromatic carboxylic acids is 1. The number of hydrogen-bond donors (Lipinski definition) is 1. The molecule has 3 rings (SSSR count). The molecular formula is C15H16FN3O3.